The molecule has 1 aromatic carbocycles. The Labute approximate surface area is 175 Å². The van der Waals surface area contributed by atoms with Crippen LogP contribution >= 0.6 is 0 Å². The van der Waals surface area contributed by atoms with Crippen LogP contribution in [0.3, 0.4) is 0 Å². The molecular formula is C22H17F4N3O2. The molecule has 1 amide bonds. The maximum atomic E-state index is 15.3. The van der Waals surface area contributed by atoms with E-state index in [4.69, 9.17) is 4.74 Å². The Kier molecular flexibility index (Phi) is 5.69. The molecule has 1 fully saturated rings. The normalized spacial score (nSPS) is 18.6. The molecule has 9 heteroatoms. The number of halogens is 4. The second-order valence-electron chi connectivity index (χ2n) is 7.03. The number of hydrogen-bond acceptors (Lipinski definition) is 4. The number of aromatic nitrogens is 2. The molecule has 4 rings (SSSR count). The third kappa shape index (κ3) is 4.13. The fourth-order valence-corrected chi connectivity index (χ4v) is 3.45. The second kappa shape index (κ2) is 8.43. The fraction of sp³-hybridized carbons (Fsp3) is 0.227. The zero-order valence-electron chi connectivity index (χ0n) is 16.2. The molecular weight excluding hydrogens is 414 g/mol. The number of carbonyl (C=O) groups excluding carboxylic acids is 1. The largest absolute Gasteiger partial charge is 0.342 e. The minimum atomic E-state index is -2.08. The Morgan fingerprint density at radius 2 is 1.81 bits per heavy atom. The molecule has 0 spiro atoms. The first-order chi connectivity index (χ1) is 14.9. The number of pyridine rings is 2. The summed E-state index contributed by atoms with van der Waals surface area (Å²) in [6, 6.07) is 6.39. The van der Waals surface area contributed by atoms with E-state index in [2.05, 4.69) is 15.3 Å². The maximum Gasteiger partial charge on any atom is 0.274 e. The minimum Gasteiger partial charge on any atom is -0.342 e. The summed E-state index contributed by atoms with van der Waals surface area (Å²) in [4.78, 5) is 20.5. The minimum absolute atomic E-state index is 0.0571. The Morgan fingerprint density at radius 3 is 2.52 bits per heavy atom. The summed E-state index contributed by atoms with van der Waals surface area (Å²) in [5, 5.41) is 2.48. The average Bonchev–Trinajstić information content (AvgIpc) is 2.75. The SMILES string of the molecule is O=C(Nc1cnccc1[C@@]1(F)CCCCO1)c1ccc(F)c(-c2c(F)cccc2F)n1. The molecule has 1 N–H and O–H groups in total. The predicted molar refractivity (Wildman–Crippen MR) is 104 cm³/mol. The molecule has 1 atom stereocenters. The van der Waals surface area contributed by atoms with E-state index in [9.17, 15) is 18.0 Å². The molecule has 3 heterocycles. The van der Waals surface area contributed by atoms with Crippen LogP contribution in [0.4, 0.5) is 23.2 Å². The van der Waals surface area contributed by atoms with Gasteiger partial charge in [-0.25, -0.2) is 22.5 Å². The number of rotatable bonds is 4. The van der Waals surface area contributed by atoms with E-state index in [1.165, 1.54) is 18.5 Å². The lowest BCUT2D eigenvalue weighted by atomic mass is 9.98. The van der Waals surface area contributed by atoms with Crippen LogP contribution < -0.4 is 5.32 Å². The van der Waals surface area contributed by atoms with Crippen molar-refractivity contribution in [3.8, 4) is 11.3 Å². The predicted octanol–water partition coefficient (Wildman–Crippen LogP) is 5.14. The Morgan fingerprint density at radius 1 is 1.03 bits per heavy atom. The molecule has 31 heavy (non-hydrogen) atoms. The van der Waals surface area contributed by atoms with Gasteiger partial charge in [0.1, 0.15) is 28.8 Å². The van der Waals surface area contributed by atoms with Gasteiger partial charge in [-0.2, -0.15) is 0 Å². The van der Waals surface area contributed by atoms with Gasteiger partial charge in [0, 0.05) is 18.2 Å². The summed E-state index contributed by atoms with van der Waals surface area (Å²) in [5.74, 6) is -5.95. The first kappa shape index (κ1) is 20.9. The van der Waals surface area contributed by atoms with Crippen LogP contribution in [0.2, 0.25) is 0 Å². The number of benzene rings is 1. The number of alkyl halides is 1. The highest BCUT2D eigenvalue weighted by Gasteiger charge is 2.37. The molecule has 160 valence electrons. The first-order valence-corrected chi connectivity index (χ1v) is 9.59. The highest BCUT2D eigenvalue weighted by atomic mass is 19.2. The van der Waals surface area contributed by atoms with Gasteiger partial charge in [-0.15, -0.1) is 0 Å². The zero-order chi connectivity index (χ0) is 22.0. The zero-order valence-corrected chi connectivity index (χ0v) is 16.2. The Hall–Kier alpha value is -3.33. The van der Waals surface area contributed by atoms with E-state index < -0.39 is 40.5 Å². The highest BCUT2D eigenvalue weighted by molar-refractivity contribution is 6.03. The Balaban J connectivity index is 1.67. The van der Waals surface area contributed by atoms with Crippen molar-refractivity contribution >= 4 is 11.6 Å². The van der Waals surface area contributed by atoms with Crippen LogP contribution in [0.15, 0.2) is 48.8 Å². The molecule has 2 aromatic heterocycles. The average molecular weight is 431 g/mol. The first-order valence-electron chi connectivity index (χ1n) is 9.59. The van der Waals surface area contributed by atoms with E-state index in [1.807, 2.05) is 0 Å². The van der Waals surface area contributed by atoms with Gasteiger partial charge in [0.05, 0.1) is 24.1 Å². The van der Waals surface area contributed by atoms with Crippen LogP contribution in [-0.4, -0.2) is 22.5 Å². The third-order valence-electron chi connectivity index (χ3n) is 4.97. The van der Waals surface area contributed by atoms with Crippen molar-refractivity contribution in [1.82, 2.24) is 9.97 Å². The number of amides is 1. The molecule has 1 aliphatic rings. The van der Waals surface area contributed by atoms with Crippen LogP contribution in [0.5, 0.6) is 0 Å². The van der Waals surface area contributed by atoms with Crippen LogP contribution in [-0.2, 0) is 10.6 Å². The van der Waals surface area contributed by atoms with E-state index in [1.54, 1.807) is 0 Å². The molecule has 0 bridgehead atoms. The quantitative estimate of drug-likeness (QED) is 0.582. The number of nitrogens with one attached hydrogen (secondary N) is 1. The van der Waals surface area contributed by atoms with E-state index in [0.29, 0.717) is 6.42 Å². The van der Waals surface area contributed by atoms with Gasteiger partial charge >= 0.3 is 0 Å². The highest BCUT2D eigenvalue weighted by Crippen LogP contribution is 2.40. The van der Waals surface area contributed by atoms with Crippen molar-refractivity contribution in [2.45, 2.75) is 25.1 Å². The number of carbonyl (C=O) groups is 1. The summed E-state index contributed by atoms with van der Waals surface area (Å²) in [6.45, 7) is 0.239. The molecule has 0 saturated carbocycles. The monoisotopic (exact) mass is 431 g/mol. The molecule has 1 aliphatic heterocycles. The van der Waals surface area contributed by atoms with Gasteiger partial charge in [0.25, 0.3) is 5.91 Å². The summed E-state index contributed by atoms with van der Waals surface area (Å²) in [6.07, 6.45) is 4.09. The van der Waals surface area contributed by atoms with Crippen molar-refractivity contribution in [3.05, 3.63) is 77.5 Å². The summed E-state index contributed by atoms with van der Waals surface area (Å²) in [5.41, 5.74) is -1.49. The van der Waals surface area contributed by atoms with Gasteiger partial charge < -0.3 is 10.1 Å². The van der Waals surface area contributed by atoms with Gasteiger partial charge in [0.15, 0.2) is 0 Å². The number of nitrogens with zero attached hydrogens (tertiary/aromatic N) is 2. The topological polar surface area (TPSA) is 64.1 Å². The van der Waals surface area contributed by atoms with Crippen LogP contribution in [0, 0.1) is 17.5 Å². The van der Waals surface area contributed by atoms with E-state index in [-0.39, 0.29) is 30.0 Å². The van der Waals surface area contributed by atoms with Crippen molar-refractivity contribution in [3.63, 3.8) is 0 Å². The smallest absolute Gasteiger partial charge is 0.274 e. The molecule has 3 aromatic rings. The van der Waals surface area contributed by atoms with Gasteiger partial charge in [-0.05, 0) is 43.2 Å². The number of hydrogen-bond donors (Lipinski definition) is 1. The van der Waals surface area contributed by atoms with Crippen LogP contribution in [0.25, 0.3) is 11.3 Å². The van der Waals surface area contributed by atoms with Crippen molar-refractivity contribution in [1.29, 1.82) is 0 Å². The maximum absolute atomic E-state index is 15.3. The standard InChI is InChI=1S/C22H17F4N3O2/c23-14-4-3-5-15(24)19(14)20-16(25)6-7-17(28-20)21(30)29-18-12-27-10-8-13(18)22(26)9-1-2-11-31-22/h3-8,10,12H,1-2,9,11H2,(H,29,30)/t22-/m1/s1. The lowest BCUT2D eigenvalue weighted by Crippen LogP contribution is -2.30. The Bertz CT molecular complexity index is 1110. The molecule has 0 aliphatic carbocycles. The second-order valence-corrected chi connectivity index (χ2v) is 7.03. The van der Waals surface area contributed by atoms with E-state index in [0.717, 1.165) is 36.8 Å². The van der Waals surface area contributed by atoms with E-state index >= 15 is 4.39 Å². The lowest BCUT2D eigenvalue weighted by Gasteiger charge is -2.31. The van der Waals surface area contributed by atoms with Crippen LogP contribution in [0.1, 0.15) is 35.3 Å². The molecule has 1 saturated heterocycles. The lowest BCUT2D eigenvalue weighted by molar-refractivity contribution is -0.177. The van der Waals surface area contributed by atoms with Gasteiger partial charge in [-0.1, -0.05) is 6.07 Å². The number of anilines is 1. The van der Waals surface area contributed by atoms with Crippen molar-refractivity contribution in [2.24, 2.45) is 0 Å². The van der Waals surface area contributed by atoms with Crippen molar-refractivity contribution < 1.29 is 27.1 Å². The molecule has 5 nitrogen and oxygen atoms in total. The third-order valence-corrected chi connectivity index (χ3v) is 4.97. The fourth-order valence-electron chi connectivity index (χ4n) is 3.45. The molecule has 0 radical (unpaired) electrons. The molecule has 0 unspecified atom stereocenters. The summed E-state index contributed by atoms with van der Waals surface area (Å²) >= 11 is 0. The van der Waals surface area contributed by atoms with Gasteiger partial charge in [0.2, 0.25) is 5.85 Å². The summed E-state index contributed by atoms with van der Waals surface area (Å²) in [7, 11) is 0. The number of ether oxygens (including phenoxy) is 1. The summed E-state index contributed by atoms with van der Waals surface area (Å²) < 4.78 is 63.0. The van der Waals surface area contributed by atoms with Crippen molar-refractivity contribution in [2.75, 3.05) is 11.9 Å². The van der Waals surface area contributed by atoms with Gasteiger partial charge in [-0.3, -0.25) is 9.78 Å².